The van der Waals surface area contributed by atoms with Crippen LogP contribution in [0, 0.1) is 0 Å². The van der Waals surface area contributed by atoms with Crippen molar-refractivity contribution in [1.29, 1.82) is 0 Å². The van der Waals surface area contributed by atoms with Gasteiger partial charge in [-0.15, -0.1) is 0 Å². The largest absolute Gasteiger partial charge is 0.368 e. The van der Waals surface area contributed by atoms with Crippen LogP contribution in [-0.4, -0.2) is 44.0 Å². The van der Waals surface area contributed by atoms with Crippen LogP contribution in [-0.2, 0) is 10.0 Å². The third kappa shape index (κ3) is 4.63. The van der Waals surface area contributed by atoms with Gasteiger partial charge in [0.1, 0.15) is 17.3 Å². The molecule has 9 heteroatoms. The van der Waals surface area contributed by atoms with E-state index < -0.39 is 10.0 Å². The molecule has 17 heavy (non-hydrogen) atoms. The Labute approximate surface area is 104 Å². The fourth-order valence-electron chi connectivity index (χ4n) is 1.04. The molecule has 0 saturated carbocycles. The SMILES string of the molecule is CS(=O)(=O)NCCNc1ncnc(Cl)c1C=O. The lowest BCUT2D eigenvalue weighted by atomic mass is 10.3. The Hall–Kier alpha value is -1.25. The van der Waals surface area contributed by atoms with Crippen LogP contribution in [0.1, 0.15) is 10.4 Å². The quantitative estimate of drug-likeness (QED) is 0.428. The van der Waals surface area contributed by atoms with Gasteiger partial charge in [0, 0.05) is 13.1 Å². The molecule has 2 N–H and O–H groups in total. The Morgan fingerprint density at radius 2 is 2.12 bits per heavy atom. The van der Waals surface area contributed by atoms with E-state index in [0.717, 1.165) is 6.26 Å². The summed E-state index contributed by atoms with van der Waals surface area (Å²) in [7, 11) is -3.22. The maximum atomic E-state index is 10.8. The smallest absolute Gasteiger partial charge is 0.208 e. The number of aldehydes is 1. The molecule has 1 aromatic rings. The van der Waals surface area contributed by atoms with Gasteiger partial charge in [0.2, 0.25) is 10.0 Å². The molecule has 0 spiro atoms. The van der Waals surface area contributed by atoms with Crippen molar-refractivity contribution in [3.8, 4) is 0 Å². The number of rotatable bonds is 6. The van der Waals surface area contributed by atoms with Gasteiger partial charge in [0.25, 0.3) is 0 Å². The summed E-state index contributed by atoms with van der Waals surface area (Å²) in [6.45, 7) is 0.458. The molecule has 1 heterocycles. The maximum absolute atomic E-state index is 10.8. The third-order valence-electron chi connectivity index (χ3n) is 1.73. The number of sulfonamides is 1. The van der Waals surface area contributed by atoms with Crippen LogP contribution in [0.15, 0.2) is 6.33 Å². The predicted molar refractivity (Wildman–Crippen MR) is 63.8 cm³/mol. The first kappa shape index (κ1) is 13.8. The average Bonchev–Trinajstić information content (AvgIpc) is 2.23. The van der Waals surface area contributed by atoms with Gasteiger partial charge in [-0.25, -0.2) is 23.1 Å². The number of aromatic nitrogens is 2. The van der Waals surface area contributed by atoms with E-state index in [1.54, 1.807) is 0 Å². The first-order chi connectivity index (χ1) is 7.94. The van der Waals surface area contributed by atoms with Crippen LogP contribution < -0.4 is 10.0 Å². The van der Waals surface area contributed by atoms with E-state index in [1.165, 1.54) is 6.33 Å². The molecule has 0 fully saturated rings. The van der Waals surface area contributed by atoms with E-state index >= 15 is 0 Å². The third-order valence-corrected chi connectivity index (χ3v) is 2.76. The molecule has 0 aliphatic heterocycles. The van der Waals surface area contributed by atoms with Crippen LogP contribution in [0.2, 0.25) is 5.15 Å². The van der Waals surface area contributed by atoms with Crippen molar-refractivity contribution in [2.24, 2.45) is 0 Å². The second-order valence-corrected chi connectivity index (χ2v) is 5.33. The molecular weight excluding hydrogens is 268 g/mol. The Morgan fingerprint density at radius 3 is 2.71 bits per heavy atom. The summed E-state index contributed by atoms with van der Waals surface area (Å²) in [4.78, 5) is 18.2. The van der Waals surface area contributed by atoms with Gasteiger partial charge in [0.05, 0.1) is 11.8 Å². The highest BCUT2D eigenvalue weighted by Gasteiger charge is 2.08. The zero-order valence-electron chi connectivity index (χ0n) is 8.97. The molecule has 0 bridgehead atoms. The molecule has 0 radical (unpaired) electrons. The Kier molecular flexibility index (Phi) is 4.79. The lowest BCUT2D eigenvalue weighted by molar-refractivity contribution is 0.112. The summed E-state index contributed by atoms with van der Waals surface area (Å²) in [6.07, 6.45) is 2.81. The van der Waals surface area contributed by atoms with E-state index in [-0.39, 0.29) is 29.6 Å². The monoisotopic (exact) mass is 278 g/mol. The van der Waals surface area contributed by atoms with E-state index in [4.69, 9.17) is 11.6 Å². The van der Waals surface area contributed by atoms with Gasteiger partial charge >= 0.3 is 0 Å². The van der Waals surface area contributed by atoms with Crippen LogP contribution in [0.25, 0.3) is 0 Å². The molecule has 0 aromatic carbocycles. The van der Waals surface area contributed by atoms with E-state index in [0.29, 0.717) is 6.29 Å². The molecule has 0 aliphatic carbocycles. The lowest BCUT2D eigenvalue weighted by Gasteiger charge is -2.08. The summed E-state index contributed by atoms with van der Waals surface area (Å²) in [5.41, 5.74) is 0.147. The van der Waals surface area contributed by atoms with Gasteiger partial charge in [-0.3, -0.25) is 4.79 Å². The summed E-state index contributed by atoms with van der Waals surface area (Å²) in [6, 6.07) is 0. The zero-order chi connectivity index (χ0) is 12.9. The molecule has 94 valence electrons. The first-order valence-electron chi connectivity index (χ1n) is 4.58. The van der Waals surface area contributed by atoms with Crippen molar-refractivity contribution in [2.75, 3.05) is 24.7 Å². The van der Waals surface area contributed by atoms with Crippen molar-refractivity contribution in [3.63, 3.8) is 0 Å². The summed E-state index contributed by atoms with van der Waals surface area (Å²) >= 11 is 5.68. The minimum absolute atomic E-state index is 0.0496. The minimum Gasteiger partial charge on any atom is -0.368 e. The van der Waals surface area contributed by atoms with Crippen LogP contribution in [0.5, 0.6) is 0 Å². The minimum atomic E-state index is -3.22. The molecule has 7 nitrogen and oxygen atoms in total. The number of carbonyl (C=O) groups is 1. The van der Waals surface area contributed by atoms with Crippen molar-refractivity contribution in [3.05, 3.63) is 17.0 Å². The summed E-state index contributed by atoms with van der Waals surface area (Å²) < 4.78 is 23.8. The van der Waals surface area contributed by atoms with Crippen LogP contribution in [0.4, 0.5) is 5.82 Å². The number of anilines is 1. The van der Waals surface area contributed by atoms with Gasteiger partial charge in [-0.05, 0) is 0 Å². The molecule has 0 amide bonds. The lowest BCUT2D eigenvalue weighted by Crippen LogP contribution is -2.28. The van der Waals surface area contributed by atoms with Crippen LogP contribution >= 0.6 is 11.6 Å². The van der Waals surface area contributed by atoms with Gasteiger partial charge in [0.15, 0.2) is 6.29 Å². The highest BCUT2D eigenvalue weighted by atomic mass is 35.5. The van der Waals surface area contributed by atoms with Crippen LogP contribution in [0.3, 0.4) is 0 Å². The number of nitrogens with zero attached hydrogens (tertiary/aromatic N) is 2. The van der Waals surface area contributed by atoms with Crippen molar-refractivity contribution >= 4 is 33.7 Å². The Balaban J connectivity index is 2.58. The predicted octanol–water partition coefficient (Wildman–Crippen LogP) is -0.0964. The number of nitrogens with one attached hydrogen (secondary N) is 2. The average molecular weight is 279 g/mol. The molecule has 0 saturated heterocycles. The van der Waals surface area contributed by atoms with Gasteiger partial charge < -0.3 is 5.32 Å². The number of hydrogen-bond acceptors (Lipinski definition) is 6. The van der Waals surface area contributed by atoms with Gasteiger partial charge in [-0.1, -0.05) is 11.6 Å². The Morgan fingerprint density at radius 1 is 1.41 bits per heavy atom. The fourth-order valence-corrected chi connectivity index (χ4v) is 1.69. The van der Waals surface area contributed by atoms with E-state index in [9.17, 15) is 13.2 Å². The van der Waals surface area contributed by atoms with Crippen molar-refractivity contribution < 1.29 is 13.2 Å². The molecular formula is C8H11ClN4O3S. The second kappa shape index (κ2) is 5.89. The topological polar surface area (TPSA) is 101 Å². The number of halogens is 1. The molecule has 0 aliphatic rings. The first-order valence-corrected chi connectivity index (χ1v) is 6.85. The zero-order valence-corrected chi connectivity index (χ0v) is 10.5. The molecule has 1 aromatic heterocycles. The van der Waals surface area contributed by atoms with Gasteiger partial charge in [-0.2, -0.15) is 0 Å². The summed E-state index contributed by atoms with van der Waals surface area (Å²) in [5.74, 6) is 0.273. The van der Waals surface area contributed by atoms with Crippen molar-refractivity contribution in [2.45, 2.75) is 0 Å². The van der Waals surface area contributed by atoms with E-state index in [2.05, 4.69) is 20.0 Å². The molecule has 0 unspecified atom stereocenters. The fraction of sp³-hybridized carbons (Fsp3) is 0.375. The highest BCUT2D eigenvalue weighted by molar-refractivity contribution is 7.88. The molecule has 1 rings (SSSR count). The van der Waals surface area contributed by atoms with Crippen molar-refractivity contribution in [1.82, 2.24) is 14.7 Å². The highest BCUT2D eigenvalue weighted by Crippen LogP contribution is 2.16. The normalized spacial score (nSPS) is 11.2. The maximum Gasteiger partial charge on any atom is 0.208 e. The number of carbonyl (C=O) groups excluding carboxylic acids is 1. The molecule has 0 atom stereocenters. The Bertz CT molecular complexity index is 505. The standard InChI is InChI=1S/C8H11ClN4O3S/c1-17(15,16)13-3-2-10-8-6(4-14)7(9)11-5-12-8/h4-5,13H,2-3H2,1H3,(H,10,11,12). The number of hydrogen-bond donors (Lipinski definition) is 2. The second-order valence-electron chi connectivity index (χ2n) is 3.14. The summed E-state index contributed by atoms with van der Waals surface area (Å²) in [5, 5.41) is 2.83. The van der Waals surface area contributed by atoms with E-state index in [1.807, 2.05) is 0 Å².